The van der Waals surface area contributed by atoms with Crippen molar-refractivity contribution in [3.8, 4) is 17.6 Å². The molecule has 11 nitrogen and oxygen atoms in total. The van der Waals surface area contributed by atoms with Crippen molar-refractivity contribution in [3.63, 3.8) is 0 Å². The molecule has 0 atom stereocenters. The lowest BCUT2D eigenvalue weighted by Gasteiger charge is -2.36. The fourth-order valence-electron chi connectivity index (χ4n) is 10.0. The Hall–Kier alpha value is -4.83. The van der Waals surface area contributed by atoms with E-state index in [0.29, 0.717) is 17.2 Å². The highest BCUT2D eigenvalue weighted by Gasteiger charge is 2.33. The van der Waals surface area contributed by atoms with E-state index in [0.717, 1.165) is 92.6 Å². The molecule has 4 aliphatic rings. The van der Waals surface area contributed by atoms with Gasteiger partial charge in [-0.3, -0.25) is 18.6 Å². The fourth-order valence-corrected chi connectivity index (χ4v) is 10.0. The highest BCUT2D eigenvalue weighted by molar-refractivity contribution is 7.85. The van der Waals surface area contributed by atoms with Crippen molar-refractivity contribution in [3.05, 3.63) is 101 Å². The lowest BCUT2D eigenvalue weighted by molar-refractivity contribution is -0.148. The Kier molecular flexibility index (Phi) is 26.5. The second kappa shape index (κ2) is 31.0. The van der Waals surface area contributed by atoms with Gasteiger partial charge in [-0.15, -0.1) is 5.92 Å². The van der Waals surface area contributed by atoms with Crippen LogP contribution in [-0.2, 0) is 33.4 Å². The molecule has 4 fully saturated rings. The molecule has 1 N–H and O–H groups in total. The highest BCUT2D eigenvalue weighted by atomic mass is 32.2. The zero-order chi connectivity index (χ0) is 53.4. The van der Waals surface area contributed by atoms with Gasteiger partial charge < -0.3 is 19.3 Å². The smallest absolute Gasteiger partial charge is 0.337 e. The van der Waals surface area contributed by atoms with Gasteiger partial charge >= 0.3 is 17.9 Å². The third kappa shape index (κ3) is 23.8. The van der Waals surface area contributed by atoms with Crippen LogP contribution in [0.15, 0.2) is 72.8 Å². The van der Waals surface area contributed by atoms with Gasteiger partial charge in [-0.2, -0.15) is 8.42 Å². The largest absolute Gasteiger partial charge is 0.465 e. The van der Waals surface area contributed by atoms with Crippen LogP contribution in [0.1, 0.15) is 200 Å². The number of carbonyl (C=O) groups excluding carboxylic acids is 4. The predicted octanol–water partition coefficient (Wildman–Crippen LogP) is 13.2. The molecule has 0 aromatic heterocycles. The topological polar surface area (TPSA) is 160 Å². The zero-order valence-electron chi connectivity index (χ0n) is 45.3. The van der Waals surface area contributed by atoms with E-state index >= 15 is 0 Å². The van der Waals surface area contributed by atoms with Crippen molar-refractivity contribution >= 4 is 33.8 Å². The number of benzene rings is 3. The summed E-state index contributed by atoms with van der Waals surface area (Å²) in [6.45, 7) is 14.8. The number of carbonyl (C=O) groups is 4. The molecule has 0 bridgehead atoms. The molecule has 0 unspecified atom stereocenters. The Morgan fingerprint density at radius 2 is 1.04 bits per heavy atom. The summed E-state index contributed by atoms with van der Waals surface area (Å²) < 4.78 is 39.1. The van der Waals surface area contributed by atoms with E-state index in [2.05, 4.69) is 58.9 Å². The standard InChI is InChI=1S/C28H40O4.C15H20O.C9H10O2.C6H10O.C2H6O3S/c1-19-3-5-21(6-4-19)22-7-9-25(10-8-22)28(30)32-27-17-13-24(14-18-27)23-11-15-26(16-12-23)31-20(2)29;1-11-3-5-14(6-4-11)15-9-7-13(8-10-15)12(2)16;1-7-3-5-8(6-4-7)9(10)11-2;1-4-5-6(2,3)7;1-5-6(2,3)4/h13-14,17-19,21-23,25-26H,3-12,15-16H2,1-2H3;7-11,14H,3-6H2,1-2H3;3-6H,1-2H3;7H,1-3H3;1-2H3. The summed E-state index contributed by atoms with van der Waals surface area (Å²) in [6.07, 6.45) is 20.2. The normalized spacial score (nSPS) is 23.8. The second-order valence-electron chi connectivity index (χ2n) is 21.0. The first kappa shape index (κ1) is 61.5. The number of ether oxygens (including phenoxy) is 3. The second-order valence-corrected chi connectivity index (χ2v) is 22.7. The van der Waals surface area contributed by atoms with Gasteiger partial charge in [-0.1, -0.05) is 99.5 Å². The van der Waals surface area contributed by atoms with Crippen LogP contribution in [0.5, 0.6) is 5.75 Å². The van der Waals surface area contributed by atoms with Crippen molar-refractivity contribution in [2.75, 3.05) is 20.5 Å². The SMILES string of the molecule is CC#CC(C)(C)O.CC(=O)OC1CCC(c2ccc(OC(=O)C3CCC(C4CCC(C)CC4)CC3)cc2)CC1.CC(=O)c1ccc(C2CCC(C)CC2)cc1.COC(=O)c1ccc(C)cc1.COS(C)(=O)=O. The zero-order valence-corrected chi connectivity index (χ0v) is 46.1. The minimum Gasteiger partial charge on any atom is -0.465 e. The van der Waals surface area contributed by atoms with Crippen LogP contribution in [0.25, 0.3) is 0 Å². The monoisotopic (exact) mass is 1010 g/mol. The summed E-state index contributed by atoms with van der Waals surface area (Å²) in [5.74, 6) is 10.3. The summed E-state index contributed by atoms with van der Waals surface area (Å²) in [5.41, 5.74) is 4.45. The van der Waals surface area contributed by atoms with Crippen molar-refractivity contribution in [2.24, 2.45) is 29.6 Å². The summed E-state index contributed by atoms with van der Waals surface area (Å²) in [5, 5.41) is 8.84. The Bertz CT molecular complexity index is 2250. The lowest BCUT2D eigenvalue weighted by atomic mass is 9.69. The van der Waals surface area contributed by atoms with Gasteiger partial charge in [0.25, 0.3) is 10.1 Å². The number of ketones is 1. The Labute approximate surface area is 433 Å². The van der Waals surface area contributed by atoms with Crippen LogP contribution in [-0.4, -0.2) is 69.4 Å². The van der Waals surface area contributed by atoms with Crippen LogP contribution in [0.2, 0.25) is 0 Å². The number of hydrogen-bond donors (Lipinski definition) is 1. The first-order valence-electron chi connectivity index (χ1n) is 26.2. The highest BCUT2D eigenvalue weighted by Crippen LogP contribution is 2.42. The third-order valence-corrected chi connectivity index (χ3v) is 15.0. The van der Waals surface area contributed by atoms with E-state index in [-0.39, 0.29) is 35.7 Å². The minimum absolute atomic E-state index is 0.0460. The van der Waals surface area contributed by atoms with Gasteiger partial charge in [-0.25, -0.2) is 4.79 Å². The molecular formula is C60H86O11S. The molecule has 0 aliphatic heterocycles. The van der Waals surface area contributed by atoms with Crippen LogP contribution in [0.3, 0.4) is 0 Å². The molecule has 0 saturated heterocycles. The van der Waals surface area contributed by atoms with Gasteiger partial charge in [0.05, 0.1) is 32.0 Å². The van der Waals surface area contributed by atoms with E-state index in [4.69, 9.17) is 14.6 Å². The van der Waals surface area contributed by atoms with E-state index in [9.17, 15) is 27.6 Å². The number of aryl methyl sites for hydroxylation is 1. The maximum Gasteiger partial charge on any atom is 0.337 e. The van der Waals surface area contributed by atoms with Crippen LogP contribution in [0.4, 0.5) is 0 Å². The van der Waals surface area contributed by atoms with E-state index < -0.39 is 15.7 Å². The van der Waals surface area contributed by atoms with Gasteiger partial charge in [0.15, 0.2) is 5.78 Å². The Morgan fingerprint density at radius 1 is 0.625 bits per heavy atom. The Balaban J connectivity index is 0.000000282. The summed E-state index contributed by atoms with van der Waals surface area (Å²) in [7, 11) is -0.664. The molecule has 3 aromatic carbocycles. The number of methoxy groups -OCH3 is 1. The van der Waals surface area contributed by atoms with Crippen molar-refractivity contribution in [1.29, 1.82) is 0 Å². The van der Waals surface area contributed by atoms with Crippen LogP contribution >= 0.6 is 0 Å². The number of rotatable bonds is 9. The van der Waals surface area contributed by atoms with Crippen LogP contribution in [0, 0.1) is 48.4 Å². The average Bonchev–Trinajstić information content (AvgIpc) is 3.35. The number of Topliss-reactive ketones (excluding diaryl/α,β-unsaturated/α-hetero) is 1. The van der Waals surface area contributed by atoms with Crippen molar-refractivity contribution in [1.82, 2.24) is 0 Å². The average molecular weight is 1020 g/mol. The number of esters is 3. The molecule has 0 heterocycles. The number of hydrogen-bond acceptors (Lipinski definition) is 11. The molecule has 0 radical (unpaired) electrons. The fraction of sp³-hybridized carbons (Fsp3) is 0.600. The lowest BCUT2D eigenvalue weighted by Crippen LogP contribution is -2.29. The quantitative estimate of drug-likeness (QED) is 0.0714. The predicted molar refractivity (Wildman–Crippen MR) is 286 cm³/mol. The summed E-state index contributed by atoms with van der Waals surface area (Å²) in [6, 6.07) is 23.6. The van der Waals surface area contributed by atoms with Gasteiger partial charge in [0, 0.05) is 12.5 Å². The molecule has 3 aromatic rings. The molecule has 7 rings (SSSR count). The minimum atomic E-state index is -3.16. The van der Waals surface area contributed by atoms with Gasteiger partial charge in [0.1, 0.15) is 17.5 Å². The van der Waals surface area contributed by atoms with Gasteiger partial charge in [-0.05, 0) is 183 Å². The van der Waals surface area contributed by atoms with Crippen molar-refractivity contribution in [2.45, 2.75) is 182 Å². The van der Waals surface area contributed by atoms with E-state index in [1.165, 1.54) is 89.4 Å². The van der Waals surface area contributed by atoms with Gasteiger partial charge in [0.2, 0.25) is 0 Å². The summed E-state index contributed by atoms with van der Waals surface area (Å²) in [4.78, 5) is 46.0. The first-order chi connectivity index (χ1) is 34.0. The molecule has 0 spiro atoms. The third-order valence-electron chi connectivity index (χ3n) is 14.4. The van der Waals surface area contributed by atoms with E-state index in [1.54, 1.807) is 39.8 Å². The molecule has 4 saturated carbocycles. The molecule has 0 amide bonds. The van der Waals surface area contributed by atoms with E-state index in [1.807, 2.05) is 43.3 Å². The maximum absolute atomic E-state index is 12.7. The Morgan fingerprint density at radius 3 is 1.43 bits per heavy atom. The maximum atomic E-state index is 12.7. The first-order valence-corrected chi connectivity index (χ1v) is 28.0. The molecule has 72 heavy (non-hydrogen) atoms. The molecule has 12 heteroatoms. The van der Waals surface area contributed by atoms with Crippen LogP contribution < -0.4 is 4.74 Å². The summed E-state index contributed by atoms with van der Waals surface area (Å²) >= 11 is 0. The number of aliphatic hydroxyl groups is 1. The molecule has 398 valence electrons. The molecule has 4 aliphatic carbocycles. The molecular weight excluding hydrogens is 929 g/mol. The van der Waals surface area contributed by atoms with Crippen molar-refractivity contribution < 1.29 is 51.1 Å².